The standard InChI is InChI=1S/C16H21N3O5.C16H19N3O4.C15H19IN2O4.C12H13N3O5.C10H10INO2.C10H11NO2.C6H11BrO2.C4H8O.C2H5N.CH3F.H2O/c1-16(2,3)24-12(20)8-19-11-6-5-9(15(22)23-4)7-10(11)13(17)14(18)21;1-16(2,3)23-13(20)9-19-12-7-6-10(15(21)22-5)8-11(12)14(17)18-4;1-15(2,3)22-12(19)8-18-11-6-5-9(14(20)21-4)7-10(11)13(16)17;1-20-12(19)6-2-3-8(15-5-9(16)17)7(4-6)10(13)11(14)18;1-6-3-4-7(10(13)14-2)5-8(6)9(11)12;1-7-3-4-8(10(12)13-2)5-9(7)6-11;1-6(2,3)9-5(8)4-7;1-2-4-5-3-1;1-2-3;1-2;/h5-7,17,19H,8H2,1-4H3,(H2,18,21);6-8,17,19H,9H2,1-3,5H3;5-7,17-18H,8H2,1-4H3;2-4,13,15H,5H2,1H3,(H2,14,18)(H,16,17);3-5,12H,1-2H3;3-6,11H,1-2H3;4H2,1-3H3;1-4H2;2-3H,1H3;1H3;1H2/i;;;;;;;;;1D;. The van der Waals surface area contributed by atoms with Crippen molar-refractivity contribution in [2.75, 3.05) is 116 Å². The first-order chi connectivity index (χ1) is 63.2. The highest BCUT2D eigenvalue weighted by molar-refractivity contribution is 14.1. The molecule has 1 aliphatic heterocycles. The number of carboxylic acids is 1. The van der Waals surface area contributed by atoms with Crippen LogP contribution in [-0.4, -0.2) is 242 Å². The highest BCUT2D eigenvalue weighted by Gasteiger charge is 2.25. The summed E-state index contributed by atoms with van der Waals surface area (Å²) in [7, 11) is 6.64. The maximum atomic E-state index is 11.8. The van der Waals surface area contributed by atoms with Crippen LogP contribution in [0.15, 0.2) is 109 Å². The van der Waals surface area contributed by atoms with Crippen LogP contribution in [0.1, 0.15) is 211 Å². The number of anilines is 4. The van der Waals surface area contributed by atoms with Crippen molar-refractivity contribution in [2.24, 2.45) is 11.5 Å². The van der Waals surface area contributed by atoms with Gasteiger partial charge in [0.15, 0.2) is 0 Å². The number of hydrogen-bond donors (Lipinski definition) is 14. The number of aryl methyl sites for hydroxylation is 2. The van der Waals surface area contributed by atoms with Gasteiger partial charge in [-0.3, -0.25) is 59.6 Å². The molecule has 744 valence electrons. The molecule has 136 heavy (non-hydrogen) atoms. The molecule has 6 aromatic carbocycles. The average molecular weight is 2190 g/mol. The lowest BCUT2D eigenvalue weighted by atomic mass is 10.0. The molecule has 2 amide bonds. The van der Waals surface area contributed by atoms with Gasteiger partial charge in [0.1, 0.15) is 69.1 Å². The summed E-state index contributed by atoms with van der Waals surface area (Å²) in [6.45, 7) is 35.1. The van der Waals surface area contributed by atoms with Crippen LogP contribution < -0.4 is 32.7 Å². The van der Waals surface area contributed by atoms with E-state index in [2.05, 4.69) is 70.5 Å². The smallest absolute Gasteiger partial charge is 0.337 e. The quantitative estimate of drug-likeness (QED) is 0.00433. The first-order valence-corrected chi connectivity index (χ1v) is 43.0. The van der Waals surface area contributed by atoms with Gasteiger partial charge >= 0.3 is 65.7 Å². The first kappa shape index (κ1) is 127. The number of rotatable bonds is 27. The van der Waals surface area contributed by atoms with E-state index in [1.807, 2.05) is 85.9 Å². The van der Waals surface area contributed by atoms with E-state index < -0.39 is 101 Å². The largest absolute Gasteiger partial charge is 0.480 e. The molecule has 6 aromatic rings. The highest BCUT2D eigenvalue weighted by Crippen LogP contribution is 2.26. The number of nitrogens with two attached hydrogens (primary N) is 2. The van der Waals surface area contributed by atoms with Gasteiger partial charge < -0.3 is 111 Å². The lowest BCUT2D eigenvalue weighted by molar-refractivity contribution is -0.153. The SMILES string of the molecule is C1CCOC1.CC(C)(C)OC(=O)CBr.CC=N.COC(=O)c1ccc(C)c(C(=N)I)c1.COC(=O)c1ccc(C)c(C=N)c1.COC(=O)c1ccc(NCC(=O)O)c(C(=N)C(N)=O)c1.COC(=O)c1ccc(NCC(=O)OC(C)(C)C)c(C(=N)C(N)=O)c1.COC(=O)c1ccc(NCC(=O)OC(C)(C)C)c(C(=N)I)c1.O.[2H]CF.[C-]#[N+]C(=N)c1cc(C(=O)OC)ccc1NCC(=O)OC(C)(C)C. The molecule has 0 saturated carbocycles. The molecule has 0 spiro atoms. The molecule has 44 heteroatoms. The van der Waals surface area contributed by atoms with E-state index in [1.54, 1.807) is 118 Å². The number of halogens is 4. The van der Waals surface area contributed by atoms with Gasteiger partial charge in [-0.05, 0) is 282 Å². The van der Waals surface area contributed by atoms with E-state index in [-0.39, 0.29) is 103 Å². The molecule has 0 aromatic heterocycles. The van der Waals surface area contributed by atoms with Crippen molar-refractivity contribution in [3.8, 4) is 0 Å². The zero-order valence-corrected chi connectivity index (χ0v) is 85.4. The van der Waals surface area contributed by atoms with Crippen molar-refractivity contribution in [1.29, 1.82) is 37.9 Å². The lowest BCUT2D eigenvalue weighted by Crippen LogP contribution is -2.29. The van der Waals surface area contributed by atoms with Crippen molar-refractivity contribution in [1.82, 2.24) is 0 Å². The van der Waals surface area contributed by atoms with Crippen LogP contribution in [0.25, 0.3) is 4.85 Å². The Morgan fingerprint density at radius 3 is 0.956 bits per heavy atom. The van der Waals surface area contributed by atoms with E-state index >= 15 is 0 Å². The Labute approximate surface area is 826 Å². The third-order valence-electron chi connectivity index (χ3n) is 15.5. The Balaban J connectivity index is -0.000000748. The first-order valence-electron chi connectivity index (χ1n) is 40.5. The van der Waals surface area contributed by atoms with Crippen LogP contribution in [0.2, 0.25) is 0 Å². The monoisotopic (exact) mass is 2190 g/mol. The van der Waals surface area contributed by atoms with Crippen LogP contribution in [0.3, 0.4) is 0 Å². The molecular formula is C92H122BrFI2N14O26. The number of benzene rings is 6. The van der Waals surface area contributed by atoms with Crippen LogP contribution in [0.5, 0.6) is 0 Å². The van der Waals surface area contributed by atoms with Crippen LogP contribution in [0, 0.1) is 58.3 Å². The molecule has 0 radical (unpaired) electrons. The molecule has 1 aliphatic rings. The van der Waals surface area contributed by atoms with E-state index in [1.165, 1.54) is 123 Å². The van der Waals surface area contributed by atoms with Crippen LogP contribution in [-0.2, 0) is 85.7 Å². The summed E-state index contributed by atoms with van der Waals surface area (Å²) in [5, 5.41) is 71.5. The lowest BCUT2D eigenvalue weighted by Gasteiger charge is -2.20. The van der Waals surface area contributed by atoms with Gasteiger partial charge in [0, 0.05) is 70.0 Å². The fraction of sp³-hybridized carbons (Fsp3) is 0.380. The van der Waals surface area contributed by atoms with E-state index in [0.29, 0.717) is 43.0 Å². The Morgan fingerprint density at radius 1 is 0.463 bits per heavy atom. The van der Waals surface area contributed by atoms with Gasteiger partial charge in [-0.15, -0.1) is 0 Å². The van der Waals surface area contributed by atoms with E-state index in [0.717, 1.165) is 35.5 Å². The fourth-order valence-electron chi connectivity index (χ4n) is 9.72. The summed E-state index contributed by atoms with van der Waals surface area (Å²) < 4.78 is 69.1. The average Bonchev–Trinajstić information content (AvgIpc) is 0.942. The van der Waals surface area contributed by atoms with Crippen molar-refractivity contribution < 1.29 is 131 Å². The number of carbonyl (C=O) groups is 13. The number of amidine groups is 1. The summed E-state index contributed by atoms with van der Waals surface area (Å²) >= 11 is 6.75. The molecule has 18 N–H and O–H groups in total. The van der Waals surface area contributed by atoms with Gasteiger partial charge in [-0.25, -0.2) is 28.8 Å². The Bertz CT molecular complexity index is 5230. The Morgan fingerprint density at radius 2 is 0.713 bits per heavy atom. The van der Waals surface area contributed by atoms with Gasteiger partial charge in [0.05, 0.1) is 88.3 Å². The minimum absolute atomic E-state index is 0. The van der Waals surface area contributed by atoms with E-state index in [9.17, 15) is 66.7 Å². The topological polar surface area (TPSA) is 647 Å². The number of carbonyl (C=O) groups excluding carboxylic acids is 12. The third-order valence-corrected chi connectivity index (χ3v) is 17.1. The molecule has 1 fully saturated rings. The van der Waals surface area contributed by atoms with E-state index in [4.69, 9.17) is 86.1 Å². The number of carboxylic acid groups (broad SMARTS) is 1. The molecule has 0 unspecified atom stereocenters. The minimum atomic E-state index is -1.11. The maximum Gasteiger partial charge on any atom is 0.337 e. The second-order valence-corrected chi connectivity index (χ2v) is 33.4. The van der Waals surface area contributed by atoms with Gasteiger partial charge in [-0.1, -0.05) is 34.6 Å². The fourth-order valence-corrected chi connectivity index (χ4v) is 10.9. The normalized spacial score (nSPS) is 10.5. The highest BCUT2D eigenvalue weighted by atomic mass is 127. The number of esters is 10. The second-order valence-electron chi connectivity index (χ2n) is 30.7. The molecule has 0 atom stereocenters. The summed E-state index contributed by atoms with van der Waals surface area (Å²) in [6, 6.07) is 27.7. The van der Waals surface area contributed by atoms with Crippen LogP contribution >= 0.6 is 61.1 Å². The number of primary amides is 2. The molecule has 0 bridgehead atoms. The zero-order valence-electron chi connectivity index (χ0n) is 80.5. The number of ether oxygens (including phenoxy) is 11. The molecular weight excluding hydrogens is 2070 g/mol. The second kappa shape index (κ2) is 66.1. The summed E-state index contributed by atoms with van der Waals surface area (Å²) in [5.41, 5.74) is 14.6. The Hall–Kier alpha value is -13.4. The predicted octanol–water partition coefficient (Wildman–Crippen LogP) is 13.6. The summed E-state index contributed by atoms with van der Waals surface area (Å²) in [5.74, 6) is -8.04. The van der Waals surface area contributed by atoms with Gasteiger partial charge in [-0.2, -0.15) is 5.41 Å². The molecule has 7 rings (SSSR count). The summed E-state index contributed by atoms with van der Waals surface area (Å²) in [6.07, 6.45) is 5.03. The molecule has 0 aliphatic carbocycles. The number of amides is 2. The zero-order chi connectivity index (χ0) is 105. The number of nitrogens with zero attached hydrogens (tertiary/aromatic N) is 1. The van der Waals surface area contributed by atoms with Crippen molar-refractivity contribution in [3.63, 3.8) is 0 Å². The minimum Gasteiger partial charge on any atom is -0.480 e. The number of methoxy groups -OCH3 is 6. The van der Waals surface area contributed by atoms with Crippen LogP contribution in [0.4, 0.5) is 27.1 Å². The van der Waals surface area contributed by atoms with Crippen molar-refractivity contribution >= 4 is 198 Å². The Kier molecular flexibility index (Phi) is 61.6. The van der Waals surface area contributed by atoms with Gasteiger partial charge in [0.2, 0.25) is 0 Å². The number of hydrogen-bond acceptors (Lipinski definition) is 35. The maximum absolute atomic E-state index is 11.8. The number of alkyl halides is 2. The number of aliphatic carboxylic acids is 1. The molecule has 1 saturated heterocycles. The third kappa shape index (κ3) is 53.5. The number of nitrogens with one attached hydrogen (secondary N) is 11. The summed E-state index contributed by atoms with van der Waals surface area (Å²) in [4.78, 5) is 150. The predicted molar refractivity (Wildman–Crippen MR) is 535 cm³/mol. The molecule has 1 heterocycles. The van der Waals surface area contributed by atoms with Crippen molar-refractivity contribution in [3.05, 3.63) is 199 Å². The van der Waals surface area contributed by atoms with Crippen molar-refractivity contribution in [2.45, 2.75) is 139 Å². The molecule has 40 nitrogen and oxygen atoms in total. The van der Waals surface area contributed by atoms with Gasteiger partial charge in [0.25, 0.3) is 17.6 Å².